The predicted molar refractivity (Wildman–Crippen MR) is 101 cm³/mol. The van der Waals surface area contributed by atoms with Crippen LogP contribution >= 0.6 is 24.0 Å². The van der Waals surface area contributed by atoms with Gasteiger partial charge < -0.3 is 16.0 Å². The molecule has 2 rings (SSSR count). The molecule has 0 unspecified atom stereocenters. The van der Waals surface area contributed by atoms with Gasteiger partial charge in [-0.25, -0.2) is 0 Å². The number of rotatable bonds is 6. The van der Waals surface area contributed by atoms with E-state index in [-0.39, 0.29) is 5.91 Å². The topological polar surface area (TPSA) is 53.2 Å². The van der Waals surface area contributed by atoms with Crippen molar-refractivity contribution >= 4 is 40.7 Å². The number of benzene rings is 2. The second-order valence-corrected chi connectivity index (χ2v) is 6.28. The van der Waals surface area contributed by atoms with Crippen LogP contribution < -0.4 is 16.0 Å². The molecule has 0 saturated heterocycles. The smallest absolute Gasteiger partial charge is 0.251 e. The lowest BCUT2D eigenvalue weighted by Crippen LogP contribution is -2.30. The maximum Gasteiger partial charge on any atom is 0.251 e. The summed E-state index contributed by atoms with van der Waals surface area (Å²) < 4.78 is 0. The van der Waals surface area contributed by atoms with Gasteiger partial charge in [-0.1, -0.05) is 18.2 Å². The average molecular weight is 345 g/mol. The zero-order chi connectivity index (χ0) is 16.5. The molecule has 0 fully saturated rings. The lowest BCUT2D eigenvalue weighted by atomic mass is 10.2. The summed E-state index contributed by atoms with van der Waals surface area (Å²) in [6.07, 6.45) is 0. The standard InChI is InChI=1S/C17H19N3OS2/c1-18-16(21)13-7-9-14(10-8-13)20-17(22)19-11-12-23-15-5-3-2-4-6-15/h2-10H,11-12H2,1H3,(H,18,21)(H2,19,20,22). The molecular weight excluding hydrogens is 326 g/mol. The second kappa shape index (κ2) is 9.17. The highest BCUT2D eigenvalue weighted by Crippen LogP contribution is 2.15. The molecule has 2 aromatic rings. The van der Waals surface area contributed by atoms with Crippen molar-refractivity contribution in [3.8, 4) is 0 Å². The van der Waals surface area contributed by atoms with Gasteiger partial charge in [0.1, 0.15) is 0 Å². The van der Waals surface area contributed by atoms with E-state index in [1.807, 2.05) is 30.3 Å². The Morgan fingerprint density at radius 3 is 2.43 bits per heavy atom. The molecule has 23 heavy (non-hydrogen) atoms. The third-order valence-corrected chi connectivity index (χ3v) is 4.29. The van der Waals surface area contributed by atoms with Crippen molar-refractivity contribution in [3.63, 3.8) is 0 Å². The van der Waals surface area contributed by atoms with Crippen LogP contribution in [0.4, 0.5) is 5.69 Å². The molecule has 120 valence electrons. The molecule has 0 heterocycles. The first-order chi connectivity index (χ1) is 11.2. The summed E-state index contributed by atoms with van der Waals surface area (Å²) in [4.78, 5) is 12.7. The number of nitrogens with one attached hydrogen (secondary N) is 3. The quantitative estimate of drug-likeness (QED) is 0.427. The van der Waals surface area contributed by atoms with Crippen molar-refractivity contribution in [1.29, 1.82) is 0 Å². The Bertz CT molecular complexity index is 645. The van der Waals surface area contributed by atoms with Crippen LogP contribution in [-0.2, 0) is 0 Å². The van der Waals surface area contributed by atoms with Crippen molar-refractivity contribution in [2.45, 2.75) is 4.90 Å². The van der Waals surface area contributed by atoms with E-state index in [9.17, 15) is 4.79 Å². The maximum absolute atomic E-state index is 11.5. The van der Waals surface area contributed by atoms with E-state index in [0.717, 1.165) is 18.0 Å². The molecule has 0 saturated carbocycles. The predicted octanol–water partition coefficient (Wildman–Crippen LogP) is 3.12. The van der Waals surface area contributed by atoms with E-state index < -0.39 is 0 Å². The molecule has 0 radical (unpaired) electrons. The Morgan fingerprint density at radius 1 is 1.09 bits per heavy atom. The minimum absolute atomic E-state index is 0.102. The fourth-order valence-corrected chi connectivity index (χ4v) is 2.88. The normalized spacial score (nSPS) is 9.96. The first kappa shape index (κ1) is 17.3. The zero-order valence-electron chi connectivity index (χ0n) is 12.8. The van der Waals surface area contributed by atoms with Crippen molar-refractivity contribution in [3.05, 3.63) is 60.2 Å². The Morgan fingerprint density at radius 2 is 1.78 bits per heavy atom. The van der Waals surface area contributed by atoms with Gasteiger partial charge in [0, 0.05) is 35.5 Å². The third-order valence-electron chi connectivity index (χ3n) is 3.03. The van der Waals surface area contributed by atoms with Gasteiger partial charge >= 0.3 is 0 Å². The molecule has 0 spiro atoms. The molecule has 0 atom stereocenters. The summed E-state index contributed by atoms with van der Waals surface area (Å²) >= 11 is 7.04. The molecule has 4 nitrogen and oxygen atoms in total. The van der Waals surface area contributed by atoms with E-state index in [1.54, 1.807) is 30.9 Å². The first-order valence-corrected chi connectivity index (χ1v) is 8.63. The first-order valence-electron chi connectivity index (χ1n) is 7.24. The van der Waals surface area contributed by atoms with Gasteiger partial charge in [0.05, 0.1) is 0 Å². The number of carbonyl (C=O) groups is 1. The minimum Gasteiger partial charge on any atom is -0.362 e. The summed E-state index contributed by atoms with van der Waals surface area (Å²) in [5, 5.41) is 9.44. The fourth-order valence-electron chi connectivity index (χ4n) is 1.87. The number of hydrogen-bond donors (Lipinski definition) is 3. The highest BCUT2D eigenvalue weighted by Gasteiger charge is 2.03. The van der Waals surface area contributed by atoms with Crippen LogP contribution in [0.2, 0.25) is 0 Å². The van der Waals surface area contributed by atoms with Gasteiger partial charge in [-0.15, -0.1) is 11.8 Å². The van der Waals surface area contributed by atoms with Crippen molar-refractivity contribution in [2.75, 3.05) is 24.7 Å². The monoisotopic (exact) mass is 345 g/mol. The van der Waals surface area contributed by atoms with E-state index in [2.05, 4.69) is 28.1 Å². The van der Waals surface area contributed by atoms with Crippen LogP contribution in [0.15, 0.2) is 59.5 Å². The van der Waals surface area contributed by atoms with Gasteiger partial charge in [0.25, 0.3) is 5.91 Å². The lowest BCUT2D eigenvalue weighted by Gasteiger charge is -2.10. The molecule has 2 aromatic carbocycles. The van der Waals surface area contributed by atoms with Crippen molar-refractivity contribution in [1.82, 2.24) is 10.6 Å². The Kier molecular flexibility index (Phi) is 6.90. The number of carbonyl (C=O) groups excluding carboxylic acids is 1. The minimum atomic E-state index is -0.102. The Balaban J connectivity index is 1.71. The molecule has 6 heteroatoms. The van der Waals surface area contributed by atoms with Crippen molar-refractivity contribution < 1.29 is 4.79 Å². The highest BCUT2D eigenvalue weighted by molar-refractivity contribution is 7.99. The number of thiocarbonyl (C=S) groups is 1. The van der Waals surface area contributed by atoms with Crippen LogP contribution in [0, 0.1) is 0 Å². The molecular formula is C17H19N3OS2. The molecule has 0 aromatic heterocycles. The molecule has 0 bridgehead atoms. The van der Waals surface area contributed by atoms with E-state index in [4.69, 9.17) is 12.2 Å². The summed E-state index contributed by atoms with van der Waals surface area (Å²) in [6, 6.07) is 17.4. The van der Waals surface area contributed by atoms with Gasteiger partial charge in [-0.3, -0.25) is 4.79 Å². The molecule has 0 aliphatic carbocycles. The van der Waals surface area contributed by atoms with Gasteiger partial charge in [0.2, 0.25) is 0 Å². The number of anilines is 1. The van der Waals surface area contributed by atoms with Gasteiger partial charge in [-0.05, 0) is 48.6 Å². The van der Waals surface area contributed by atoms with E-state index in [0.29, 0.717) is 10.7 Å². The average Bonchev–Trinajstić information content (AvgIpc) is 2.59. The highest BCUT2D eigenvalue weighted by atomic mass is 32.2. The second-order valence-electron chi connectivity index (χ2n) is 4.70. The van der Waals surface area contributed by atoms with Crippen molar-refractivity contribution in [2.24, 2.45) is 0 Å². The maximum atomic E-state index is 11.5. The lowest BCUT2D eigenvalue weighted by molar-refractivity contribution is 0.0963. The summed E-state index contributed by atoms with van der Waals surface area (Å²) in [5.41, 5.74) is 1.47. The van der Waals surface area contributed by atoms with E-state index in [1.165, 1.54) is 4.90 Å². The summed E-state index contributed by atoms with van der Waals surface area (Å²) in [7, 11) is 1.61. The summed E-state index contributed by atoms with van der Waals surface area (Å²) in [6.45, 7) is 0.779. The van der Waals surface area contributed by atoms with Crippen LogP contribution in [0.25, 0.3) is 0 Å². The summed E-state index contributed by atoms with van der Waals surface area (Å²) in [5.74, 6) is 0.830. The molecule has 3 N–H and O–H groups in total. The SMILES string of the molecule is CNC(=O)c1ccc(NC(=S)NCCSc2ccccc2)cc1. The van der Waals surface area contributed by atoms with Crippen LogP contribution in [0.3, 0.4) is 0 Å². The van der Waals surface area contributed by atoms with Crippen LogP contribution in [0.1, 0.15) is 10.4 Å². The molecule has 0 aliphatic rings. The van der Waals surface area contributed by atoms with Crippen LogP contribution in [0.5, 0.6) is 0 Å². The van der Waals surface area contributed by atoms with Crippen LogP contribution in [-0.4, -0.2) is 30.4 Å². The fraction of sp³-hybridized carbons (Fsp3) is 0.176. The molecule has 1 amide bonds. The third kappa shape index (κ3) is 5.92. The largest absolute Gasteiger partial charge is 0.362 e. The number of thioether (sulfide) groups is 1. The Labute approximate surface area is 146 Å². The van der Waals surface area contributed by atoms with E-state index >= 15 is 0 Å². The number of amides is 1. The molecule has 0 aliphatic heterocycles. The Hall–Kier alpha value is -2.05. The zero-order valence-corrected chi connectivity index (χ0v) is 14.5. The van der Waals surface area contributed by atoms with Gasteiger partial charge in [-0.2, -0.15) is 0 Å². The number of hydrogen-bond acceptors (Lipinski definition) is 3. The van der Waals surface area contributed by atoms with Gasteiger partial charge in [0.15, 0.2) is 5.11 Å².